The van der Waals surface area contributed by atoms with Crippen LogP contribution in [-0.2, 0) is 30.4 Å². The average molecular weight is 553 g/mol. The molecule has 2 bridgehead atoms. The number of aliphatic hydroxyl groups is 1. The number of allylic oxidation sites excluding steroid dienone is 1. The minimum atomic E-state index is -1.14. The number of likely N-dealkylation sites (tertiary alicyclic amines) is 1. The Bertz CT molecular complexity index is 1080. The molecule has 7 atom stereocenters. The van der Waals surface area contributed by atoms with Gasteiger partial charge >= 0.3 is 5.97 Å². The highest BCUT2D eigenvalue weighted by Crippen LogP contribution is 2.59. The van der Waals surface area contributed by atoms with E-state index < -0.39 is 41.6 Å². The third kappa shape index (κ3) is 5.48. The Morgan fingerprint density at radius 3 is 2.65 bits per heavy atom. The van der Waals surface area contributed by atoms with E-state index in [0.717, 1.165) is 18.4 Å². The lowest BCUT2D eigenvalue weighted by molar-refractivity contribution is -0.157. The van der Waals surface area contributed by atoms with Crippen molar-refractivity contribution in [3.05, 3.63) is 61.2 Å². The van der Waals surface area contributed by atoms with Crippen LogP contribution in [0.1, 0.15) is 57.9 Å². The van der Waals surface area contributed by atoms with Crippen molar-refractivity contribution in [3.8, 4) is 0 Å². The molecule has 1 N–H and O–H groups in total. The first-order chi connectivity index (χ1) is 19.3. The summed E-state index contributed by atoms with van der Waals surface area (Å²) in [5.41, 5.74) is -0.180. The highest BCUT2D eigenvalue weighted by molar-refractivity contribution is 5.98. The van der Waals surface area contributed by atoms with Gasteiger partial charge in [-0.15, -0.1) is 13.2 Å². The number of unbranched alkanes of at least 4 members (excludes halogenated alkanes) is 2. The van der Waals surface area contributed by atoms with Crippen molar-refractivity contribution in [2.24, 2.45) is 17.8 Å². The second-order valence-electron chi connectivity index (χ2n) is 11.4. The van der Waals surface area contributed by atoms with E-state index in [0.29, 0.717) is 38.8 Å². The Balaban J connectivity index is 1.69. The second-order valence-corrected chi connectivity index (χ2v) is 11.4. The number of hydrogen-bond acceptors (Lipinski definition) is 6. The summed E-state index contributed by atoms with van der Waals surface area (Å²) in [4.78, 5) is 45.4. The van der Waals surface area contributed by atoms with Gasteiger partial charge < -0.3 is 24.4 Å². The smallest absolute Gasteiger partial charge is 0.312 e. The molecular weight excluding hydrogens is 508 g/mol. The molecule has 218 valence electrons. The van der Waals surface area contributed by atoms with Gasteiger partial charge in [0.15, 0.2) is 0 Å². The van der Waals surface area contributed by atoms with Crippen LogP contribution in [-0.4, -0.2) is 76.2 Å². The van der Waals surface area contributed by atoms with Gasteiger partial charge in [-0.25, -0.2) is 0 Å². The molecule has 0 aromatic heterocycles. The Hall–Kier alpha value is -2.97. The third-order valence-electron chi connectivity index (χ3n) is 9.01. The van der Waals surface area contributed by atoms with Gasteiger partial charge in [-0.2, -0.15) is 0 Å². The average Bonchev–Trinajstić information content (AvgIpc) is 3.61. The number of fused-ring (bicyclic) bond motifs is 1. The summed E-state index contributed by atoms with van der Waals surface area (Å²) < 4.78 is 12.2. The molecule has 0 saturated carbocycles. The number of nitrogens with zero attached hydrogens (tertiary/aromatic N) is 2. The van der Waals surface area contributed by atoms with E-state index in [2.05, 4.69) is 13.2 Å². The quantitative estimate of drug-likeness (QED) is 0.202. The monoisotopic (exact) mass is 552 g/mol. The fourth-order valence-electron chi connectivity index (χ4n) is 6.83. The Kier molecular flexibility index (Phi) is 9.85. The van der Waals surface area contributed by atoms with Crippen molar-refractivity contribution in [2.75, 3.05) is 19.8 Å². The molecule has 8 nitrogen and oxygen atoms in total. The third-order valence-corrected chi connectivity index (χ3v) is 9.01. The maximum Gasteiger partial charge on any atom is 0.312 e. The number of benzene rings is 1. The van der Waals surface area contributed by atoms with Crippen LogP contribution >= 0.6 is 0 Å². The lowest BCUT2D eigenvalue weighted by Crippen LogP contribution is -2.59. The first kappa shape index (κ1) is 30.0. The number of esters is 1. The van der Waals surface area contributed by atoms with Crippen molar-refractivity contribution in [2.45, 2.75) is 82.7 Å². The second kappa shape index (κ2) is 13.1. The van der Waals surface area contributed by atoms with Gasteiger partial charge in [-0.3, -0.25) is 14.4 Å². The molecule has 40 heavy (non-hydrogen) atoms. The van der Waals surface area contributed by atoms with E-state index in [1.165, 1.54) is 0 Å². The van der Waals surface area contributed by atoms with E-state index in [4.69, 9.17) is 9.47 Å². The molecule has 1 aromatic carbocycles. The van der Waals surface area contributed by atoms with Gasteiger partial charge in [0.2, 0.25) is 11.8 Å². The minimum Gasteiger partial charge on any atom is -0.465 e. The largest absolute Gasteiger partial charge is 0.465 e. The van der Waals surface area contributed by atoms with Crippen LogP contribution in [0, 0.1) is 17.8 Å². The number of ether oxygens (including phenoxy) is 2. The van der Waals surface area contributed by atoms with Crippen molar-refractivity contribution < 1.29 is 29.0 Å². The lowest BCUT2D eigenvalue weighted by Gasteiger charge is -2.41. The maximum atomic E-state index is 14.5. The highest BCUT2D eigenvalue weighted by atomic mass is 16.6. The van der Waals surface area contributed by atoms with Crippen molar-refractivity contribution >= 4 is 17.8 Å². The van der Waals surface area contributed by atoms with E-state index in [-0.39, 0.29) is 30.9 Å². The Labute approximate surface area is 238 Å². The molecule has 0 radical (unpaired) electrons. The number of carbonyl (C=O) groups is 3. The van der Waals surface area contributed by atoms with E-state index >= 15 is 0 Å². The number of hydrogen-bond donors (Lipinski definition) is 1. The zero-order valence-corrected chi connectivity index (χ0v) is 23.9. The van der Waals surface area contributed by atoms with Crippen LogP contribution in [0.2, 0.25) is 0 Å². The SMILES string of the molecule is C=CCCCCOC(=O)[C@@H]1[C@@H]2CCC3(O2)C(C(=O)N(CC=C)Cc2ccccc2)N([C@@H](CO)[C@@H](C)CC)C(=O)[C@H]13. The molecular formula is C32H44N2O6. The molecule has 1 spiro atoms. The molecule has 3 aliphatic heterocycles. The summed E-state index contributed by atoms with van der Waals surface area (Å²) in [6.45, 7) is 12.2. The zero-order chi connectivity index (χ0) is 28.9. The van der Waals surface area contributed by atoms with Crippen molar-refractivity contribution in [3.63, 3.8) is 0 Å². The van der Waals surface area contributed by atoms with Crippen molar-refractivity contribution in [1.29, 1.82) is 0 Å². The minimum absolute atomic E-state index is 0.0612. The van der Waals surface area contributed by atoms with E-state index in [9.17, 15) is 19.5 Å². The van der Waals surface area contributed by atoms with Crippen LogP contribution in [0.15, 0.2) is 55.6 Å². The number of rotatable bonds is 15. The van der Waals surface area contributed by atoms with Crippen LogP contribution < -0.4 is 0 Å². The normalized spacial score (nSPS) is 28.2. The van der Waals surface area contributed by atoms with Crippen LogP contribution in [0.4, 0.5) is 0 Å². The molecule has 2 unspecified atom stereocenters. The fourth-order valence-corrected chi connectivity index (χ4v) is 6.83. The molecule has 1 aromatic rings. The van der Waals surface area contributed by atoms with Gasteiger partial charge in [0, 0.05) is 13.1 Å². The van der Waals surface area contributed by atoms with Gasteiger partial charge in [0.05, 0.1) is 37.2 Å². The van der Waals surface area contributed by atoms with Gasteiger partial charge in [0.25, 0.3) is 0 Å². The predicted octanol–water partition coefficient (Wildman–Crippen LogP) is 3.88. The number of aliphatic hydroxyl groups excluding tert-OH is 1. The summed E-state index contributed by atoms with van der Waals surface area (Å²) >= 11 is 0. The van der Waals surface area contributed by atoms with Crippen LogP contribution in [0.25, 0.3) is 0 Å². The lowest BCUT2D eigenvalue weighted by atomic mass is 9.70. The van der Waals surface area contributed by atoms with Crippen LogP contribution in [0.5, 0.6) is 0 Å². The summed E-state index contributed by atoms with van der Waals surface area (Å²) in [5.74, 6) is -2.63. The molecule has 0 aliphatic carbocycles. The first-order valence-electron chi connectivity index (χ1n) is 14.7. The highest BCUT2D eigenvalue weighted by Gasteiger charge is 2.75. The van der Waals surface area contributed by atoms with Gasteiger partial charge in [-0.05, 0) is 43.6 Å². The summed E-state index contributed by atoms with van der Waals surface area (Å²) in [5, 5.41) is 10.5. The maximum absolute atomic E-state index is 14.5. The van der Waals surface area contributed by atoms with Crippen molar-refractivity contribution in [1.82, 2.24) is 9.80 Å². The number of carbonyl (C=O) groups excluding carboxylic acids is 3. The standard InChI is InChI=1S/C32H44N2O6/c1-5-8-9-13-19-39-31(38)26-25-16-17-32(40-25)27(26)29(36)34(24(21-35)22(4)7-3)28(32)30(37)33(18-6-2)20-23-14-11-10-12-15-23/h5-6,10-12,14-15,22,24-28,35H,1-2,7-9,13,16-21H2,3-4H3/t22-,24-,25-,26+,27-,28?,32?/m0/s1. The van der Waals surface area contributed by atoms with E-state index in [1.54, 1.807) is 15.9 Å². The predicted molar refractivity (Wildman–Crippen MR) is 152 cm³/mol. The van der Waals surface area contributed by atoms with Gasteiger partial charge in [0.1, 0.15) is 11.6 Å². The molecule has 8 heteroatoms. The molecule has 3 saturated heterocycles. The number of amides is 2. The summed E-state index contributed by atoms with van der Waals surface area (Å²) in [6.07, 6.45) is 7.25. The molecule has 3 aliphatic rings. The van der Waals surface area contributed by atoms with Crippen LogP contribution in [0.3, 0.4) is 0 Å². The first-order valence-corrected chi connectivity index (χ1v) is 14.7. The topological polar surface area (TPSA) is 96.4 Å². The zero-order valence-electron chi connectivity index (χ0n) is 23.9. The fraction of sp³-hybridized carbons (Fsp3) is 0.594. The molecule has 4 rings (SSSR count). The summed E-state index contributed by atoms with van der Waals surface area (Å²) in [6, 6.07) is 8.15. The molecule has 3 fully saturated rings. The van der Waals surface area contributed by atoms with Gasteiger partial charge in [-0.1, -0.05) is 62.8 Å². The Morgan fingerprint density at radius 2 is 2.00 bits per heavy atom. The summed E-state index contributed by atoms with van der Waals surface area (Å²) in [7, 11) is 0. The van der Waals surface area contributed by atoms with E-state index in [1.807, 2.05) is 50.3 Å². The Morgan fingerprint density at radius 1 is 1.25 bits per heavy atom. The molecule has 3 heterocycles. The molecule has 2 amide bonds.